The number of hydrogen-bond donors (Lipinski definition) is 1. The standard InChI is InChI=1S/C24H21ClN4O3/c1-15-20(25)7-4-8-21(15)29-23(31)19(22(30)26-24(29)32)14-18-6-5-13-28(18)17-11-9-16(10-12-17)27(2)3/h4-14H,1-3H3,(H,26,30,32)/b19-14+. The Labute approximate surface area is 190 Å². The van der Waals surface area contributed by atoms with Gasteiger partial charge in [-0.05, 0) is 67.1 Å². The van der Waals surface area contributed by atoms with Crippen molar-refractivity contribution in [2.75, 3.05) is 23.9 Å². The Hall–Kier alpha value is -3.84. The molecule has 7 nitrogen and oxygen atoms in total. The number of carbonyl (C=O) groups excluding carboxylic acids is 3. The van der Waals surface area contributed by atoms with Crippen LogP contribution in [0.1, 0.15) is 11.3 Å². The number of amides is 4. The Kier molecular flexibility index (Phi) is 5.59. The Balaban J connectivity index is 1.74. The summed E-state index contributed by atoms with van der Waals surface area (Å²) in [5, 5.41) is 2.66. The number of rotatable bonds is 4. The van der Waals surface area contributed by atoms with Crippen LogP contribution < -0.4 is 15.1 Å². The third-order valence-electron chi connectivity index (χ3n) is 5.30. The minimum absolute atomic E-state index is 0.145. The van der Waals surface area contributed by atoms with E-state index in [9.17, 15) is 14.4 Å². The van der Waals surface area contributed by atoms with Crippen LogP contribution in [-0.2, 0) is 9.59 Å². The minimum atomic E-state index is -0.808. The van der Waals surface area contributed by atoms with Crippen LogP contribution in [0.4, 0.5) is 16.2 Å². The lowest BCUT2D eigenvalue weighted by molar-refractivity contribution is -0.122. The summed E-state index contributed by atoms with van der Waals surface area (Å²) in [6.45, 7) is 1.71. The molecule has 32 heavy (non-hydrogen) atoms. The van der Waals surface area contributed by atoms with Gasteiger partial charge in [0.15, 0.2) is 0 Å². The van der Waals surface area contributed by atoms with Crippen molar-refractivity contribution >= 4 is 46.9 Å². The SMILES string of the molecule is Cc1c(Cl)cccc1N1C(=O)NC(=O)/C(=C\c2cccn2-c2ccc(N(C)C)cc2)C1=O. The highest BCUT2D eigenvalue weighted by Gasteiger charge is 2.37. The van der Waals surface area contributed by atoms with Crippen molar-refractivity contribution in [3.63, 3.8) is 0 Å². The summed E-state index contributed by atoms with van der Waals surface area (Å²) < 4.78 is 1.86. The Morgan fingerprint density at radius 2 is 1.69 bits per heavy atom. The third-order valence-corrected chi connectivity index (χ3v) is 5.71. The predicted molar refractivity (Wildman–Crippen MR) is 125 cm³/mol. The molecule has 1 fully saturated rings. The second kappa shape index (κ2) is 8.36. The Morgan fingerprint density at radius 3 is 2.38 bits per heavy atom. The molecular weight excluding hydrogens is 428 g/mol. The zero-order valence-electron chi connectivity index (χ0n) is 17.8. The van der Waals surface area contributed by atoms with Gasteiger partial charge in [0.05, 0.1) is 5.69 Å². The molecule has 4 amide bonds. The highest BCUT2D eigenvalue weighted by atomic mass is 35.5. The van der Waals surface area contributed by atoms with E-state index in [0.717, 1.165) is 16.3 Å². The van der Waals surface area contributed by atoms with Crippen LogP contribution in [0.3, 0.4) is 0 Å². The zero-order valence-corrected chi connectivity index (χ0v) is 18.6. The summed E-state index contributed by atoms with van der Waals surface area (Å²) in [5.74, 6) is -1.45. The summed E-state index contributed by atoms with van der Waals surface area (Å²) in [6.07, 6.45) is 3.32. The van der Waals surface area contributed by atoms with E-state index in [0.29, 0.717) is 22.0 Å². The molecule has 0 radical (unpaired) electrons. The van der Waals surface area contributed by atoms with E-state index in [-0.39, 0.29) is 5.57 Å². The first-order chi connectivity index (χ1) is 15.3. The van der Waals surface area contributed by atoms with E-state index in [1.807, 2.05) is 60.1 Å². The quantitative estimate of drug-likeness (QED) is 0.480. The molecule has 0 spiro atoms. The zero-order chi connectivity index (χ0) is 23.0. The fourth-order valence-electron chi connectivity index (χ4n) is 3.52. The van der Waals surface area contributed by atoms with Crippen molar-refractivity contribution in [3.8, 4) is 5.69 Å². The molecule has 0 atom stereocenters. The molecule has 0 saturated carbocycles. The average Bonchev–Trinajstić information content (AvgIpc) is 3.22. The first-order valence-corrected chi connectivity index (χ1v) is 10.3. The lowest BCUT2D eigenvalue weighted by atomic mass is 10.1. The fourth-order valence-corrected chi connectivity index (χ4v) is 3.69. The Bertz CT molecular complexity index is 1260. The molecule has 8 heteroatoms. The van der Waals surface area contributed by atoms with Gasteiger partial charge in [0, 0.05) is 42.4 Å². The third kappa shape index (κ3) is 3.78. The number of hydrogen-bond acceptors (Lipinski definition) is 4. The van der Waals surface area contributed by atoms with Gasteiger partial charge in [-0.2, -0.15) is 0 Å². The minimum Gasteiger partial charge on any atom is -0.378 e. The highest BCUT2D eigenvalue weighted by molar-refractivity contribution is 6.39. The molecule has 1 aliphatic rings. The average molecular weight is 449 g/mol. The largest absolute Gasteiger partial charge is 0.378 e. The van der Waals surface area contributed by atoms with Crippen LogP contribution in [0.15, 0.2) is 66.4 Å². The van der Waals surface area contributed by atoms with Crippen LogP contribution in [-0.4, -0.2) is 36.5 Å². The van der Waals surface area contributed by atoms with Gasteiger partial charge in [-0.1, -0.05) is 17.7 Å². The summed E-state index contributed by atoms with van der Waals surface area (Å²) in [6, 6.07) is 15.6. The molecule has 0 aliphatic carbocycles. The predicted octanol–water partition coefficient (Wildman–Crippen LogP) is 4.17. The van der Waals surface area contributed by atoms with E-state index in [4.69, 9.17) is 11.6 Å². The van der Waals surface area contributed by atoms with E-state index in [2.05, 4.69) is 5.32 Å². The monoisotopic (exact) mass is 448 g/mol. The summed E-state index contributed by atoms with van der Waals surface area (Å²) in [4.78, 5) is 41.2. The van der Waals surface area contributed by atoms with Gasteiger partial charge in [0.2, 0.25) is 0 Å². The normalized spacial score (nSPS) is 15.3. The second-order valence-electron chi connectivity index (χ2n) is 7.56. The summed E-state index contributed by atoms with van der Waals surface area (Å²) in [7, 11) is 3.92. The van der Waals surface area contributed by atoms with E-state index >= 15 is 0 Å². The van der Waals surface area contributed by atoms with Crippen molar-refractivity contribution in [1.82, 2.24) is 9.88 Å². The maximum Gasteiger partial charge on any atom is 0.335 e. The highest BCUT2D eigenvalue weighted by Crippen LogP contribution is 2.30. The van der Waals surface area contributed by atoms with Crippen molar-refractivity contribution < 1.29 is 14.4 Å². The van der Waals surface area contributed by atoms with E-state index < -0.39 is 17.8 Å². The number of benzene rings is 2. The van der Waals surface area contributed by atoms with Crippen molar-refractivity contribution in [2.24, 2.45) is 0 Å². The van der Waals surface area contributed by atoms with Crippen LogP contribution in [0.2, 0.25) is 5.02 Å². The van der Waals surface area contributed by atoms with Gasteiger partial charge in [0.25, 0.3) is 11.8 Å². The maximum absolute atomic E-state index is 13.2. The first kappa shape index (κ1) is 21.4. The molecular formula is C24H21ClN4O3. The lowest BCUT2D eigenvalue weighted by Gasteiger charge is -2.27. The molecule has 0 bridgehead atoms. The first-order valence-electron chi connectivity index (χ1n) is 9.89. The number of imide groups is 2. The summed E-state index contributed by atoms with van der Waals surface area (Å²) >= 11 is 6.17. The number of carbonyl (C=O) groups is 3. The maximum atomic E-state index is 13.2. The van der Waals surface area contributed by atoms with Gasteiger partial charge < -0.3 is 9.47 Å². The molecule has 1 aliphatic heterocycles. The van der Waals surface area contributed by atoms with E-state index in [1.54, 1.807) is 31.2 Å². The topological polar surface area (TPSA) is 74.7 Å². The van der Waals surface area contributed by atoms with Gasteiger partial charge >= 0.3 is 6.03 Å². The van der Waals surface area contributed by atoms with Gasteiger partial charge in [-0.15, -0.1) is 0 Å². The number of barbiturate groups is 1. The summed E-state index contributed by atoms with van der Waals surface area (Å²) in [5.41, 5.74) is 3.29. The molecule has 0 unspecified atom stereocenters. The molecule has 2 aromatic carbocycles. The van der Waals surface area contributed by atoms with Crippen molar-refractivity contribution in [2.45, 2.75) is 6.92 Å². The molecule has 1 saturated heterocycles. The molecule has 2 heterocycles. The van der Waals surface area contributed by atoms with Gasteiger partial charge in [-0.25, -0.2) is 9.69 Å². The number of urea groups is 1. The smallest absolute Gasteiger partial charge is 0.335 e. The van der Waals surface area contributed by atoms with Crippen molar-refractivity contribution in [1.29, 1.82) is 0 Å². The number of nitrogens with one attached hydrogen (secondary N) is 1. The molecule has 1 aromatic heterocycles. The van der Waals surface area contributed by atoms with Crippen LogP contribution in [0.25, 0.3) is 11.8 Å². The number of halogens is 1. The van der Waals surface area contributed by atoms with Crippen LogP contribution >= 0.6 is 11.6 Å². The van der Waals surface area contributed by atoms with Gasteiger partial charge in [-0.3, -0.25) is 14.9 Å². The van der Waals surface area contributed by atoms with Crippen LogP contribution in [0.5, 0.6) is 0 Å². The molecule has 162 valence electrons. The fraction of sp³-hybridized carbons (Fsp3) is 0.125. The number of nitrogens with zero attached hydrogens (tertiary/aromatic N) is 3. The lowest BCUT2D eigenvalue weighted by Crippen LogP contribution is -2.54. The van der Waals surface area contributed by atoms with Crippen LogP contribution in [0, 0.1) is 6.92 Å². The van der Waals surface area contributed by atoms with Crippen molar-refractivity contribution in [3.05, 3.63) is 82.6 Å². The second-order valence-corrected chi connectivity index (χ2v) is 7.96. The molecule has 1 N–H and O–H groups in total. The molecule has 3 aromatic rings. The Morgan fingerprint density at radius 1 is 0.969 bits per heavy atom. The van der Waals surface area contributed by atoms with E-state index in [1.165, 1.54) is 6.08 Å². The number of anilines is 2. The van der Waals surface area contributed by atoms with Gasteiger partial charge in [0.1, 0.15) is 5.57 Å². The number of aromatic nitrogens is 1. The molecule has 4 rings (SSSR count).